The van der Waals surface area contributed by atoms with Gasteiger partial charge in [-0.1, -0.05) is 0 Å². The van der Waals surface area contributed by atoms with Gasteiger partial charge >= 0.3 is 0 Å². The number of rotatable bonds is 3. The summed E-state index contributed by atoms with van der Waals surface area (Å²) in [7, 11) is 0. The van der Waals surface area contributed by atoms with Gasteiger partial charge in [-0.25, -0.2) is 9.97 Å². The Morgan fingerprint density at radius 3 is 2.54 bits per heavy atom. The van der Waals surface area contributed by atoms with Crippen LogP contribution in [-0.2, 0) is 4.74 Å². The maximum atomic E-state index is 12.8. The van der Waals surface area contributed by atoms with E-state index < -0.39 is 0 Å². The Hall–Kier alpha value is -1.99. The average molecular weight is 372 g/mol. The Kier molecular flexibility index (Phi) is 4.91. The molecule has 2 saturated heterocycles. The van der Waals surface area contributed by atoms with E-state index in [1.165, 1.54) is 4.88 Å². The summed E-state index contributed by atoms with van der Waals surface area (Å²) in [6.07, 6.45) is 2.34. The van der Waals surface area contributed by atoms with Crippen molar-refractivity contribution in [1.82, 2.24) is 14.9 Å². The first-order valence-electron chi connectivity index (χ1n) is 9.18. The minimum absolute atomic E-state index is 0.125. The van der Waals surface area contributed by atoms with Crippen LogP contribution in [0.15, 0.2) is 18.2 Å². The number of amides is 1. The van der Waals surface area contributed by atoms with E-state index in [1.54, 1.807) is 11.3 Å². The zero-order valence-electron chi connectivity index (χ0n) is 15.3. The summed E-state index contributed by atoms with van der Waals surface area (Å²) in [5, 5.41) is 0. The molecule has 2 aromatic heterocycles. The van der Waals surface area contributed by atoms with Crippen LogP contribution in [0.2, 0.25) is 0 Å². The van der Waals surface area contributed by atoms with E-state index in [1.807, 2.05) is 36.9 Å². The molecule has 2 aliphatic rings. The second kappa shape index (κ2) is 7.32. The van der Waals surface area contributed by atoms with E-state index in [-0.39, 0.29) is 12.0 Å². The lowest BCUT2D eigenvalue weighted by Crippen LogP contribution is -2.49. The molecule has 4 rings (SSSR count). The van der Waals surface area contributed by atoms with Crippen molar-refractivity contribution in [3.05, 3.63) is 39.3 Å². The second-order valence-corrected chi connectivity index (χ2v) is 8.05. The van der Waals surface area contributed by atoms with Crippen molar-refractivity contribution in [1.29, 1.82) is 0 Å². The number of nitrogens with zero attached hydrogens (tertiary/aromatic N) is 4. The Bertz CT molecular complexity index is 772. The van der Waals surface area contributed by atoms with Crippen LogP contribution in [0.4, 0.5) is 5.95 Å². The van der Waals surface area contributed by atoms with E-state index in [9.17, 15) is 4.79 Å². The fraction of sp³-hybridized carbons (Fsp3) is 0.526. The number of ether oxygens (including phenoxy) is 1. The highest BCUT2D eigenvalue weighted by molar-refractivity contribution is 7.14. The molecule has 7 heteroatoms. The van der Waals surface area contributed by atoms with Crippen LogP contribution in [0.5, 0.6) is 0 Å². The summed E-state index contributed by atoms with van der Waals surface area (Å²) >= 11 is 1.58. The van der Waals surface area contributed by atoms with Crippen LogP contribution in [0.1, 0.15) is 44.9 Å². The van der Waals surface area contributed by atoms with Gasteiger partial charge in [0.05, 0.1) is 11.0 Å². The highest BCUT2D eigenvalue weighted by Gasteiger charge is 2.26. The molecule has 2 aliphatic heterocycles. The third-order valence-electron chi connectivity index (χ3n) is 4.90. The van der Waals surface area contributed by atoms with E-state index in [0.717, 1.165) is 54.8 Å². The number of carbonyl (C=O) groups is 1. The molecule has 0 saturated carbocycles. The highest BCUT2D eigenvalue weighted by Crippen LogP contribution is 2.33. The number of aryl methyl sites for hydroxylation is 2. The third-order valence-corrected chi connectivity index (χ3v) is 6.07. The summed E-state index contributed by atoms with van der Waals surface area (Å²) in [5.74, 6) is 0.895. The lowest BCUT2D eigenvalue weighted by Gasteiger charge is -2.34. The van der Waals surface area contributed by atoms with Crippen molar-refractivity contribution in [2.24, 2.45) is 0 Å². The van der Waals surface area contributed by atoms with Gasteiger partial charge in [0, 0.05) is 49.1 Å². The molecule has 138 valence electrons. The number of thiophene rings is 1. The highest BCUT2D eigenvalue weighted by atomic mass is 32.1. The fourth-order valence-electron chi connectivity index (χ4n) is 3.56. The summed E-state index contributed by atoms with van der Waals surface area (Å²) in [6, 6.07) is 5.97. The zero-order chi connectivity index (χ0) is 18.1. The van der Waals surface area contributed by atoms with Gasteiger partial charge in [0.2, 0.25) is 5.95 Å². The summed E-state index contributed by atoms with van der Waals surface area (Å²) in [6.45, 7) is 7.72. The van der Waals surface area contributed by atoms with E-state index in [0.29, 0.717) is 13.1 Å². The predicted octanol–water partition coefficient (Wildman–Crippen LogP) is 2.97. The number of hydrogen-bond acceptors (Lipinski definition) is 6. The van der Waals surface area contributed by atoms with Gasteiger partial charge in [0.25, 0.3) is 5.91 Å². The van der Waals surface area contributed by atoms with Crippen LogP contribution in [0.25, 0.3) is 0 Å². The minimum Gasteiger partial charge on any atom is -0.373 e. The monoisotopic (exact) mass is 372 g/mol. The molecule has 4 heterocycles. The molecule has 1 amide bonds. The second-order valence-electron chi connectivity index (χ2n) is 6.93. The van der Waals surface area contributed by atoms with Gasteiger partial charge in [-0.15, -0.1) is 11.3 Å². The summed E-state index contributed by atoms with van der Waals surface area (Å²) in [4.78, 5) is 28.0. The molecule has 0 spiro atoms. The Labute approximate surface area is 157 Å². The van der Waals surface area contributed by atoms with Crippen LogP contribution >= 0.6 is 11.3 Å². The van der Waals surface area contributed by atoms with Crippen molar-refractivity contribution < 1.29 is 9.53 Å². The largest absolute Gasteiger partial charge is 0.373 e. The molecule has 2 fully saturated rings. The lowest BCUT2D eigenvalue weighted by atomic mass is 10.2. The van der Waals surface area contributed by atoms with Crippen molar-refractivity contribution >= 4 is 23.2 Å². The Morgan fingerprint density at radius 1 is 1.15 bits per heavy atom. The predicted molar refractivity (Wildman–Crippen MR) is 102 cm³/mol. The molecule has 1 atom stereocenters. The van der Waals surface area contributed by atoms with Crippen molar-refractivity contribution in [2.75, 3.05) is 37.7 Å². The van der Waals surface area contributed by atoms with Crippen LogP contribution in [0.3, 0.4) is 0 Å². The molecule has 0 bridgehead atoms. The molecule has 6 nitrogen and oxygen atoms in total. The normalized spacial score (nSPS) is 20.6. The first-order valence-corrected chi connectivity index (χ1v) is 9.99. The third kappa shape index (κ3) is 3.59. The first kappa shape index (κ1) is 17.4. The van der Waals surface area contributed by atoms with Gasteiger partial charge in [-0.05, 0) is 44.9 Å². The zero-order valence-corrected chi connectivity index (χ0v) is 16.1. The van der Waals surface area contributed by atoms with E-state index in [4.69, 9.17) is 4.74 Å². The van der Waals surface area contributed by atoms with Crippen molar-refractivity contribution in [3.8, 4) is 0 Å². The topological polar surface area (TPSA) is 58.6 Å². The molecule has 0 radical (unpaired) electrons. The van der Waals surface area contributed by atoms with Crippen molar-refractivity contribution in [3.63, 3.8) is 0 Å². The van der Waals surface area contributed by atoms with Crippen molar-refractivity contribution in [2.45, 2.75) is 32.8 Å². The van der Waals surface area contributed by atoms with Crippen LogP contribution in [-0.4, -0.2) is 53.6 Å². The average Bonchev–Trinajstić information content (AvgIpc) is 3.32. The number of hydrogen-bond donors (Lipinski definition) is 0. The number of anilines is 1. The Balaban J connectivity index is 1.39. The van der Waals surface area contributed by atoms with E-state index in [2.05, 4.69) is 14.9 Å². The maximum absolute atomic E-state index is 12.8. The molecule has 0 unspecified atom stereocenters. The fourth-order valence-corrected chi connectivity index (χ4v) is 4.62. The molecule has 26 heavy (non-hydrogen) atoms. The number of carbonyl (C=O) groups excluding carboxylic acids is 1. The summed E-state index contributed by atoms with van der Waals surface area (Å²) in [5.41, 5.74) is 1.96. The molecule has 2 aromatic rings. The quantitative estimate of drug-likeness (QED) is 0.829. The molecule has 0 aliphatic carbocycles. The van der Waals surface area contributed by atoms with Gasteiger partial charge in [0.1, 0.15) is 0 Å². The van der Waals surface area contributed by atoms with Crippen LogP contribution < -0.4 is 4.90 Å². The van der Waals surface area contributed by atoms with Gasteiger partial charge in [0.15, 0.2) is 0 Å². The molecule has 0 N–H and O–H groups in total. The maximum Gasteiger partial charge on any atom is 0.264 e. The van der Waals surface area contributed by atoms with E-state index >= 15 is 0 Å². The minimum atomic E-state index is 0.125. The van der Waals surface area contributed by atoms with Gasteiger partial charge < -0.3 is 14.5 Å². The summed E-state index contributed by atoms with van der Waals surface area (Å²) < 4.78 is 5.72. The number of aromatic nitrogens is 2. The smallest absolute Gasteiger partial charge is 0.264 e. The Morgan fingerprint density at radius 2 is 1.88 bits per heavy atom. The van der Waals surface area contributed by atoms with Gasteiger partial charge in [-0.2, -0.15) is 0 Å². The number of piperazine rings is 1. The van der Waals surface area contributed by atoms with Gasteiger partial charge in [-0.3, -0.25) is 4.79 Å². The first-order chi connectivity index (χ1) is 12.6. The SMILES string of the molecule is Cc1cc(C)nc(N2CCN(C(=O)c3ccc([C@@H]4CCCO4)s3)CC2)n1. The standard InChI is InChI=1S/C19H24N4O2S/c1-13-12-14(2)21-19(20-13)23-9-7-22(8-10-23)18(24)17-6-5-16(26-17)15-4-3-11-25-15/h5-6,12,15H,3-4,7-11H2,1-2H3/t15-/m0/s1. The molecule has 0 aromatic carbocycles. The lowest BCUT2D eigenvalue weighted by molar-refractivity contribution is 0.0751. The molecular weight excluding hydrogens is 348 g/mol. The molecular formula is C19H24N4O2S. The van der Waals surface area contributed by atoms with Crippen LogP contribution in [0, 0.1) is 13.8 Å².